The van der Waals surface area contributed by atoms with E-state index in [1.807, 2.05) is 0 Å². The van der Waals surface area contributed by atoms with Crippen LogP contribution in [0.3, 0.4) is 0 Å². The van der Waals surface area contributed by atoms with Crippen LogP contribution in [0.4, 0.5) is 0 Å². The van der Waals surface area contributed by atoms with Crippen LogP contribution in [0.2, 0.25) is 0 Å². The molecule has 2 unspecified atom stereocenters. The van der Waals surface area contributed by atoms with Gasteiger partial charge < -0.3 is 15.0 Å². The minimum Gasteiger partial charge on any atom is -0.381 e. The number of ether oxygens (including phenoxy) is 1. The molecule has 0 aromatic carbocycles. The molecule has 1 heterocycles. The number of sulfonamides is 1. The van der Waals surface area contributed by atoms with Gasteiger partial charge in [-0.05, 0) is 38.2 Å². The molecule has 0 bridgehead atoms. The largest absolute Gasteiger partial charge is 0.381 e. The average Bonchev–Trinajstić information content (AvgIpc) is 2.98. The molecule has 2 saturated carbocycles. The third-order valence-electron chi connectivity index (χ3n) is 4.22. The fourth-order valence-electron chi connectivity index (χ4n) is 2.77. The molecule has 3 rings (SSSR count). The minimum atomic E-state index is -3.44. The standard InChI is InChI=1S/C14H23N3O3S/c1-20-13-5-4-11(6-13)17-21(18,19)14-7-12(16-9-14)8-15-10-2-3-10/h7,9-11,13,15-17H,2-6,8H2,1H3. The van der Waals surface area contributed by atoms with Gasteiger partial charge in [0.2, 0.25) is 10.0 Å². The second-order valence-electron chi connectivity index (χ2n) is 6.00. The lowest BCUT2D eigenvalue weighted by Crippen LogP contribution is -2.33. The maximum absolute atomic E-state index is 12.4. The van der Waals surface area contributed by atoms with E-state index >= 15 is 0 Å². The van der Waals surface area contributed by atoms with Crippen molar-refractivity contribution in [2.24, 2.45) is 0 Å². The van der Waals surface area contributed by atoms with Crippen LogP contribution in [0.1, 0.15) is 37.8 Å². The van der Waals surface area contributed by atoms with E-state index in [1.165, 1.54) is 12.8 Å². The molecular formula is C14H23N3O3S. The lowest BCUT2D eigenvalue weighted by molar-refractivity contribution is 0.107. The normalized spacial score (nSPS) is 26.3. The van der Waals surface area contributed by atoms with E-state index in [0.29, 0.717) is 17.5 Å². The Kier molecular flexibility index (Phi) is 4.35. The zero-order chi connectivity index (χ0) is 14.9. The number of aromatic amines is 1. The maximum atomic E-state index is 12.4. The summed E-state index contributed by atoms with van der Waals surface area (Å²) < 4.78 is 32.8. The van der Waals surface area contributed by atoms with Crippen molar-refractivity contribution in [1.82, 2.24) is 15.0 Å². The molecule has 2 aliphatic carbocycles. The fourth-order valence-corrected chi connectivity index (χ4v) is 4.07. The topological polar surface area (TPSA) is 83.2 Å². The van der Waals surface area contributed by atoms with E-state index in [-0.39, 0.29) is 12.1 Å². The predicted octanol–water partition coefficient (Wildman–Crippen LogP) is 1.11. The van der Waals surface area contributed by atoms with Gasteiger partial charge in [-0.3, -0.25) is 0 Å². The monoisotopic (exact) mass is 313 g/mol. The number of nitrogens with one attached hydrogen (secondary N) is 3. The van der Waals surface area contributed by atoms with Gasteiger partial charge in [0, 0.05) is 37.6 Å². The number of rotatable bonds is 7. The van der Waals surface area contributed by atoms with Crippen molar-refractivity contribution in [2.75, 3.05) is 7.11 Å². The Morgan fingerprint density at radius 3 is 2.71 bits per heavy atom. The molecular weight excluding hydrogens is 290 g/mol. The summed E-state index contributed by atoms with van der Waals surface area (Å²) in [4.78, 5) is 3.35. The molecule has 3 N–H and O–H groups in total. The molecule has 2 atom stereocenters. The first kappa shape index (κ1) is 15.0. The molecule has 118 valence electrons. The van der Waals surface area contributed by atoms with Gasteiger partial charge >= 0.3 is 0 Å². The first-order valence-electron chi connectivity index (χ1n) is 7.52. The fraction of sp³-hybridized carbons (Fsp3) is 0.714. The number of methoxy groups -OCH3 is 1. The Balaban J connectivity index is 1.58. The maximum Gasteiger partial charge on any atom is 0.242 e. The van der Waals surface area contributed by atoms with Crippen molar-refractivity contribution >= 4 is 10.0 Å². The summed E-state index contributed by atoms with van der Waals surface area (Å²) in [5.74, 6) is 0. The molecule has 1 aromatic rings. The highest BCUT2D eigenvalue weighted by atomic mass is 32.2. The summed E-state index contributed by atoms with van der Waals surface area (Å²) in [6, 6.07) is 2.29. The van der Waals surface area contributed by atoms with Crippen LogP contribution in [0.5, 0.6) is 0 Å². The van der Waals surface area contributed by atoms with Gasteiger partial charge in [-0.2, -0.15) is 0 Å². The molecule has 0 radical (unpaired) electrons. The van der Waals surface area contributed by atoms with E-state index in [2.05, 4.69) is 15.0 Å². The van der Waals surface area contributed by atoms with Gasteiger partial charge in [0.05, 0.1) is 11.0 Å². The van der Waals surface area contributed by atoms with Crippen molar-refractivity contribution in [2.45, 2.75) is 61.7 Å². The number of H-pyrrole nitrogens is 1. The second kappa shape index (κ2) is 6.08. The minimum absolute atomic E-state index is 0.0251. The van der Waals surface area contributed by atoms with Crippen molar-refractivity contribution < 1.29 is 13.2 Å². The van der Waals surface area contributed by atoms with Gasteiger partial charge in [0.1, 0.15) is 0 Å². The summed E-state index contributed by atoms with van der Waals surface area (Å²) in [5.41, 5.74) is 0.906. The quantitative estimate of drug-likeness (QED) is 0.704. The Bertz CT molecular complexity index is 580. The van der Waals surface area contributed by atoms with E-state index in [9.17, 15) is 8.42 Å². The Morgan fingerprint density at radius 1 is 1.29 bits per heavy atom. The molecule has 0 saturated heterocycles. The Morgan fingerprint density at radius 2 is 2.05 bits per heavy atom. The van der Waals surface area contributed by atoms with E-state index < -0.39 is 10.0 Å². The SMILES string of the molecule is COC1CCC(NS(=O)(=O)c2c[nH]c(CNC3CC3)c2)C1. The van der Waals surface area contributed by atoms with Crippen molar-refractivity contribution in [3.63, 3.8) is 0 Å². The van der Waals surface area contributed by atoms with Crippen LogP contribution in [0, 0.1) is 0 Å². The van der Waals surface area contributed by atoms with Gasteiger partial charge in [-0.15, -0.1) is 0 Å². The second-order valence-corrected chi connectivity index (χ2v) is 7.72. The van der Waals surface area contributed by atoms with Gasteiger partial charge in [0.25, 0.3) is 0 Å². The molecule has 0 spiro atoms. The molecule has 2 fully saturated rings. The summed E-state index contributed by atoms with van der Waals surface area (Å²) >= 11 is 0. The lowest BCUT2D eigenvalue weighted by Gasteiger charge is -2.12. The van der Waals surface area contributed by atoms with E-state index in [1.54, 1.807) is 19.4 Å². The highest BCUT2D eigenvalue weighted by Gasteiger charge is 2.29. The summed E-state index contributed by atoms with van der Waals surface area (Å²) in [6.45, 7) is 0.690. The summed E-state index contributed by atoms with van der Waals surface area (Å²) in [5, 5.41) is 3.36. The Labute approximate surface area is 125 Å². The van der Waals surface area contributed by atoms with Crippen molar-refractivity contribution in [3.05, 3.63) is 18.0 Å². The highest BCUT2D eigenvalue weighted by Crippen LogP contribution is 2.24. The van der Waals surface area contributed by atoms with Crippen LogP contribution >= 0.6 is 0 Å². The third-order valence-corrected chi connectivity index (χ3v) is 5.72. The first-order valence-corrected chi connectivity index (χ1v) is 9.01. The van der Waals surface area contributed by atoms with Crippen LogP contribution in [0.25, 0.3) is 0 Å². The van der Waals surface area contributed by atoms with Crippen molar-refractivity contribution in [1.29, 1.82) is 0 Å². The molecule has 0 aliphatic heterocycles. The molecule has 7 heteroatoms. The molecule has 1 aromatic heterocycles. The lowest BCUT2D eigenvalue weighted by atomic mass is 10.3. The third kappa shape index (κ3) is 3.85. The van der Waals surface area contributed by atoms with Crippen LogP contribution in [-0.4, -0.2) is 38.7 Å². The van der Waals surface area contributed by atoms with Crippen LogP contribution < -0.4 is 10.0 Å². The number of hydrogen-bond acceptors (Lipinski definition) is 4. The molecule has 21 heavy (non-hydrogen) atoms. The number of hydrogen-bond donors (Lipinski definition) is 3. The zero-order valence-electron chi connectivity index (χ0n) is 12.3. The predicted molar refractivity (Wildman–Crippen MR) is 79.4 cm³/mol. The zero-order valence-corrected chi connectivity index (χ0v) is 13.1. The van der Waals surface area contributed by atoms with Gasteiger partial charge in [0.15, 0.2) is 0 Å². The average molecular weight is 313 g/mol. The van der Waals surface area contributed by atoms with Crippen LogP contribution in [0.15, 0.2) is 17.2 Å². The highest BCUT2D eigenvalue weighted by molar-refractivity contribution is 7.89. The molecule has 2 aliphatic rings. The number of aromatic nitrogens is 1. The molecule has 0 amide bonds. The molecule has 6 nitrogen and oxygen atoms in total. The van der Waals surface area contributed by atoms with E-state index in [0.717, 1.165) is 25.0 Å². The first-order chi connectivity index (χ1) is 10.1. The van der Waals surface area contributed by atoms with E-state index in [4.69, 9.17) is 4.74 Å². The smallest absolute Gasteiger partial charge is 0.242 e. The van der Waals surface area contributed by atoms with Gasteiger partial charge in [-0.1, -0.05) is 0 Å². The Hall–Kier alpha value is -0.890. The van der Waals surface area contributed by atoms with Crippen molar-refractivity contribution in [3.8, 4) is 0 Å². The summed E-state index contributed by atoms with van der Waals surface area (Å²) in [6.07, 6.45) is 6.66. The van der Waals surface area contributed by atoms with Crippen LogP contribution in [-0.2, 0) is 21.3 Å². The summed E-state index contributed by atoms with van der Waals surface area (Å²) in [7, 11) is -1.77. The van der Waals surface area contributed by atoms with Gasteiger partial charge in [-0.25, -0.2) is 13.1 Å².